The third kappa shape index (κ3) is 6.19. The second kappa shape index (κ2) is 9.26. The molecule has 1 aliphatic heterocycles. The first-order chi connectivity index (χ1) is 12.9. The van der Waals surface area contributed by atoms with E-state index in [-0.39, 0.29) is 18.0 Å². The normalized spacial score (nSPS) is 24.7. The average molecular weight is 395 g/mol. The van der Waals surface area contributed by atoms with Gasteiger partial charge in [0, 0.05) is 37.5 Å². The number of benzene rings is 1. The molecule has 2 aliphatic rings. The lowest BCUT2D eigenvalue weighted by atomic mass is 9.91. The first-order valence-electron chi connectivity index (χ1n) is 10.5. The number of ether oxygens (including phenoxy) is 3. The van der Waals surface area contributed by atoms with Gasteiger partial charge in [-0.2, -0.15) is 0 Å². The summed E-state index contributed by atoms with van der Waals surface area (Å²) < 4.78 is 18.8. The van der Waals surface area contributed by atoms with Gasteiger partial charge in [-0.25, -0.2) is 0 Å². The third-order valence-corrected chi connectivity index (χ3v) is 6.02. The van der Waals surface area contributed by atoms with Gasteiger partial charge in [0.05, 0.1) is 12.2 Å². The van der Waals surface area contributed by atoms with Crippen LogP contribution in [0.15, 0.2) is 24.3 Å². The Morgan fingerprint density at radius 2 is 1.78 bits per heavy atom. The minimum absolute atomic E-state index is 0.0566. The van der Waals surface area contributed by atoms with E-state index in [0.29, 0.717) is 5.41 Å². The molecule has 1 spiro atoms. The summed E-state index contributed by atoms with van der Waals surface area (Å²) in [5.74, 6) is -0.358. The Bertz CT molecular complexity index is 590. The van der Waals surface area contributed by atoms with E-state index in [1.54, 1.807) is 0 Å². The van der Waals surface area contributed by atoms with Crippen molar-refractivity contribution < 1.29 is 14.2 Å². The van der Waals surface area contributed by atoms with Crippen molar-refractivity contribution in [1.82, 2.24) is 0 Å². The molecule has 2 unspecified atom stereocenters. The molecule has 1 saturated carbocycles. The van der Waals surface area contributed by atoms with Gasteiger partial charge in [0.25, 0.3) is 0 Å². The van der Waals surface area contributed by atoms with Crippen molar-refractivity contribution in [2.45, 2.75) is 90.1 Å². The summed E-state index contributed by atoms with van der Waals surface area (Å²) >= 11 is 6.38. The summed E-state index contributed by atoms with van der Waals surface area (Å²) in [5, 5.41) is 0.811. The summed E-state index contributed by atoms with van der Waals surface area (Å²) in [6.45, 7) is 8.38. The molecule has 3 rings (SSSR count). The Balaban J connectivity index is 1.51. The lowest BCUT2D eigenvalue weighted by Gasteiger charge is -2.22. The number of halogens is 1. The monoisotopic (exact) mass is 394 g/mol. The Labute approximate surface area is 169 Å². The highest BCUT2D eigenvalue weighted by Crippen LogP contribution is 2.43. The van der Waals surface area contributed by atoms with Gasteiger partial charge in [-0.15, -0.1) is 0 Å². The van der Waals surface area contributed by atoms with Crippen molar-refractivity contribution in [3.05, 3.63) is 34.9 Å². The zero-order chi connectivity index (χ0) is 19.3. The van der Waals surface area contributed by atoms with Crippen LogP contribution in [0.1, 0.15) is 71.3 Å². The van der Waals surface area contributed by atoms with Crippen molar-refractivity contribution in [2.75, 3.05) is 13.2 Å². The lowest BCUT2D eigenvalue weighted by Crippen LogP contribution is -2.27. The van der Waals surface area contributed by atoms with Crippen LogP contribution in [0.25, 0.3) is 0 Å². The molecule has 1 heterocycles. The number of rotatable bonds is 8. The minimum atomic E-state index is -0.358. The molecule has 4 heteroatoms. The number of hydrogen-bond donors (Lipinski definition) is 0. The van der Waals surface area contributed by atoms with Crippen LogP contribution in [0.3, 0.4) is 0 Å². The molecule has 0 radical (unpaired) electrons. The first kappa shape index (κ1) is 21.1. The quantitative estimate of drug-likeness (QED) is 0.493. The van der Waals surface area contributed by atoms with Crippen LogP contribution >= 0.6 is 11.6 Å². The molecule has 0 amide bonds. The largest absolute Gasteiger partial charge is 0.381 e. The van der Waals surface area contributed by atoms with E-state index in [9.17, 15) is 0 Å². The maximum Gasteiger partial charge on any atom is 0.169 e. The Morgan fingerprint density at radius 3 is 2.48 bits per heavy atom. The maximum atomic E-state index is 6.47. The van der Waals surface area contributed by atoms with Gasteiger partial charge in [-0.3, -0.25) is 0 Å². The predicted octanol–water partition coefficient (Wildman–Crippen LogP) is 6.17. The van der Waals surface area contributed by atoms with Gasteiger partial charge in [0.2, 0.25) is 0 Å². The summed E-state index contributed by atoms with van der Waals surface area (Å²) in [6, 6.07) is 8.05. The van der Waals surface area contributed by atoms with E-state index in [1.807, 2.05) is 18.2 Å². The molecule has 1 aromatic carbocycles. The molecular formula is C23H35ClO3. The van der Waals surface area contributed by atoms with Crippen LogP contribution in [0, 0.1) is 5.41 Å². The van der Waals surface area contributed by atoms with E-state index < -0.39 is 0 Å². The van der Waals surface area contributed by atoms with E-state index >= 15 is 0 Å². The molecule has 0 aromatic heterocycles. The fraction of sp³-hybridized carbons (Fsp3) is 0.739. The van der Waals surface area contributed by atoms with Crippen LogP contribution < -0.4 is 0 Å². The van der Waals surface area contributed by atoms with E-state index in [0.717, 1.165) is 55.9 Å². The average Bonchev–Trinajstić information content (AvgIpc) is 3.19. The van der Waals surface area contributed by atoms with Crippen molar-refractivity contribution in [3.8, 4) is 0 Å². The molecule has 0 bridgehead atoms. The van der Waals surface area contributed by atoms with Crippen LogP contribution in [0.2, 0.25) is 5.02 Å². The summed E-state index contributed by atoms with van der Waals surface area (Å²) in [7, 11) is 0. The van der Waals surface area contributed by atoms with Gasteiger partial charge in [0.15, 0.2) is 5.79 Å². The highest BCUT2D eigenvalue weighted by atomic mass is 35.5. The van der Waals surface area contributed by atoms with Crippen molar-refractivity contribution >= 4 is 11.6 Å². The lowest BCUT2D eigenvalue weighted by molar-refractivity contribution is -0.170. The molecule has 0 N–H and O–H groups in total. The second-order valence-corrected chi connectivity index (χ2v) is 9.70. The van der Waals surface area contributed by atoms with Crippen molar-refractivity contribution in [3.63, 3.8) is 0 Å². The van der Waals surface area contributed by atoms with Gasteiger partial charge in [-0.1, -0.05) is 50.6 Å². The fourth-order valence-corrected chi connectivity index (χ4v) is 4.40. The van der Waals surface area contributed by atoms with E-state index in [2.05, 4.69) is 26.8 Å². The van der Waals surface area contributed by atoms with Gasteiger partial charge in [0.1, 0.15) is 0 Å². The van der Waals surface area contributed by atoms with Gasteiger partial charge >= 0.3 is 0 Å². The second-order valence-electron chi connectivity index (χ2n) is 9.29. The molecule has 152 valence electrons. The van der Waals surface area contributed by atoms with Gasteiger partial charge < -0.3 is 14.2 Å². The standard InChI is InChI=1S/C23H35ClO3/c1-22(2,3)12-8-15-25-16-11-20-21(17-18-9-4-5-10-19(18)24)27-23(26-20)13-6-7-14-23/h4-5,9-10,20-21H,6-8,11-17H2,1-3H3. The third-order valence-electron chi connectivity index (χ3n) is 5.65. The highest BCUT2D eigenvalue weighted by molar-refractivity contribution is 6.31. The highest BCUT2D eigenvalue weighted by Gasteiger charge is 2.48. The fourth-order valence-electron chi connectivity index (χ4n) is 4.19. The van der Waals surface area contributed by atoms with Crippen LogP contribution in [0.5, 0.6) is 0 Å². The summed E-state index contributed by atoms with van der Waals surface area (Å²) in [5.41, 5.74) is 1.51. The van der Waals surface area contributed by atoms with Crippen molar-refractivity contribution in [1.29, 1.82) is 0 Å². The Kier molecular flexibility index (Phi) is 7.24. The van der Waals surface area contributed by atoms with E-state index in [1.165, 1.54) is 19.3 Å². The number of hydrogen-bond acceptors (Lipinski definition) is 3. The van der Waals surface area contributed by atoms with Crippen LogP contribution in [-0.4, -0.2) is 31.2 Å². The SMILES string of the molecule is CC(C)(C)CCCOCCC1OC2(CCCC2)OC1Cc1ccccc1Cl. The maximum absolute atomic E-state index is 6.47. The molecular weight excluding hydrogens is 360 g/mol. The molecule has 1 saturated heterocycles. The molecule has 2 fully saturated rings. The predicted molar refractivity (Wildman–Crippen MR) is 110 cm³/mol. The summed E-state index contributed by atoms with van der Waals surface area (Å²) in [6.07, 6.45) is 8.52. The summed E-state index contributed by atoms with van der Waals surface area (Å²) in [4.78, 5) is 0. The Morgan fingerprint density at radius 1 is 1.07 bits per heavy atom. The molecule has 2 atom stereocenters. The van der Waals surface area contributed by atoms with E-state index in [4.69, 9.17) is 25.8 Å². The first-order valence-corrected chi connectivity index (χ1v) is 10.9. The molecule has 1 aliphatic carbocycles. The molecule has 1 aromatic rings. The molecule has 3 nitrogen and oxygen atoms in total. The zero-order valence-electron chi connectivity index (χ0n) is 17.1. The van der Waals surface area contributed by atoms with Gasteiger partial charge in [-0.05, 0) is 49.1 Å². The minimum Gasteiger partial charge on any atom is -0.381 e. The van der Waals surface area contributed by atoms with Crippen molar-refractivity contribution in [2.24, 2.45) is 5.41 Å². The smallest absolute Gasteiger partial charge is 0.169 e. The zero-order valence-corrected chi connectivity index (χ0v) is 17.9. The topological polar surface area (TPSA) is 27.7 Å². The Hall–Kier alpha value is -0.610. The van der Waals surface area contributed by atoms with Crippen LogP contribution in [0.4, 0.5) is 0 Å². The van der Waals surface area contributed by atoms with Crippen LogP contribution in [-0.2, 0) is 20.6 Å². The molecule has 27 heavy (non-hydrogen) atoms.